The maximum absolute atomic E-state index is 12.7. The minimum absolute atomic E-state index is 0.0115. The Morgan fingerprint density at radius 1 is 1.22 bits per heavy atom. The molecule has 23 heavy (non-hydrogen) atoms. The van der Waals surface area contributed by atoms with E-state index in [0.29, 0.717) is 29.2 Å². The molecule has 3 nitrogen and oxygen atoms in total. The molecule has 1 amide bonds. The molecule has 0 unspecified atom stereocenters. The minimum atomic E-state index is -0.0115. The number of benzene rings is 2. The van der Waals surface area contributed by atoms with Crippen molar-refractivity contribution >= 4 is 23.2 Å². The highest BCUT2D eigenvalue weighted by molar-refractivity contribution is 6.31. The minimum Gasteiger partial charge on any atom is -0.307 e. The first-order valence-corrected chi connectivity index (χ1v) is 7.93. The largest absolute Gasteiger partial charge is 0.307 e. The van der Waals surface area contributed by atoms with E-state index in [1.165, 1.54) is 0 Å². The first-order chi connectivity index (χ1) is 11.0. The van der Waals surface area contributed by atoms with Gasteiger partial charge in [0.15, 0.2) is 0 Å². The van der Waals surface area contributed by atoms with Crippen LogP contribution >= 0.6 is 11.6 Å². The number of nitriles is 1. The molecule has 0 aliphatic rings. The highest BCUT2D eigenvalue weighted by atomic mass is 35.5. The van der Waals surface area contributed by atoms with Crippen molar-refractivity contribution in [1.29, 1.82) is 5.26 Å². The van der Waals surface area contributed by atoms with Crippen LogP contribution in [-0.4, -0.2) is 5.91 Å². The zero-order valence-electron chi connectivity index (χ0n) is 13.3. The standard InChI is InChI=1S/C19H19ClN2O/c1-14(2)10-19(23)22(13-15-6-4-3-5-7-15)18-11-17(20)9-8-16(18)12-21/h3-9,11,14H,10,13H2,1-2H3. The molecule has 0 aliphatic carbocycles. The smallest absolute Gasteiger partial charge is 0.227 e. The molecule has 0 N–H and O–H groups in total. The number of rotatable bonds is 5. The molecule has 0 saturated heterocycles. The van der Waals surface area contributed by atoms with Crippen molar-refractivity contribution in [2.75, 3.05) is 4.90 Å². The van der Waals surface area contributed by atoms with Gasteiger partial charge in [-0.25, -0.2) is 0 Å². The van der Waals surface area contributed by atoms with Crippen LogP contribution in [0.3, 0.4) is 0 Å². The Morgan fingerprint density at radius 3 is 2.52 bits per heavy atom. The number of hydrogen-bond acceptors (Lipinski definition) is 2. The van der Waals surface area contributed by atoms with Gasteiger partial charge in [0.05, 0.1) is 17.8 Å². The quantitative estimate of drug-likeness (QED) is 0.792. The highest BCUT2D eigenvalue weighted by Gasteiger charge is 2.20. The monoisotopic (exact) mass is 326 g/mol. The number of carbonyl (C=O) groups is 1. The molecule has 0 fully saturated rings. The summed E-state index contributed by atoms with van der Waals surface area (Å²) in [6, 6.07) is 16.9. The Labute approximate surface area is 142 Å². The van der Waals surface area contributed by atoms with Gasteiger partial charge in [-0.3, -0.25) is 4.79 Å². The Kier molecular flexibility index (Phi) is 5.78. The van der Waals surface area contributed by atoms with Crippen LogP contribution in [0.5, 0.6) is 0 Å². The molecule has 0 saturated carbocycles. The third-order valence-corrected chi connectivity index (χ3v) is 3.67. The summed E-state index contributed by atoms with van der Waals surface area (Å²) in [5.74, 6) is 0.230. The van der Waals surface area contributed by atoms with E-state index in [1.807, 2.05) is 44.2 Å². The van der Waals surface area contributed by atoms with E-state index in [1.54, 1.807) is 23.1 Å². The van der Waals surface area contributed by atoms with Gasteiger partial charge in [-0.15, -0.1) is 0 Å². The maximum atomic E-state index is 12.7. The van der Waals surface area contributed by atoms with Crippen LogP contribution in [0.2, 0.25) is 5.02 Å². The molecule has 0 heterocycles. The van der Waals surface area contributed by atoms with E-state index in [2.05, 4.69) is 6.07 Å². The van der Waals surface area contributed by atoms with Crippen molar-refractivity contribution in [3.05, 3.63) is 64.7 Å². The SMILES string of the molecule is CC(C)CC(=O)N(Cc1ccccc1)c1cc(Cl)ccc1C#N. The summed E-state index contributed by atoms with van der Waals surface area (Å²) in [6.45, 7) is 4.42. The first kappa shape index (κ1) is 17.1. The second kappa shape index (κ2) is 7.80. The van der Waals surface area contributed by atoms with Gasteiger partial charge < -0.3 is 4.90 Å². The summed E-state index contributed by atoms with van der Waals surface area (Å²) in [5, 5.41) is 9.87. The number of anilines is 1. The fraction of sp³-hybridized carbons (Fsp3) is 0.263. The van der Waals surface area contributed by atoms with Crippen molar-refractivity contribution in [3.63, 3.8) is 0 Å². The van der Waals surface area contributed by atoms with Crippen LogP contribution in [0.1, 0.15) is 31.4 Å². The predicted octanol–water partition coefficient (Wildman–Crippen LogP) is 4.79. The van der Waals surface area contributed by atoms with E-state index in [0.717, 1.165) is 5.56 Å². The summed E-state index contributed by atoms with van der Waals surface area (Å²) in [7, 11) is 0. The number of hydrogen-bond donors (Lipinski definition) is 0. The van der Waals surface area contributed by atoms with Gasteiger partial charge in [0.2, 0.25) is 5.91 Å². The van der Waals surface area contributed by atoms with E-state index in [9.17, 15) is 10.1 Å². The summed E-state index contributed by atoms with van der Waals surface area (Å²) in [5.41, 5.74) is 2.02. The van der Waals surface area contributed by atoms with Crippen LogP contribution in [0.4, 0.5) is 5.69 Å². The van der Waals surface area contributed by atoms with E-state index >= 15 is 0 Å². The van der Waals surface area contributed by atoms with Crippen molar-refractivity contribution in [1.82, 2.24) is 0 Å². The Morgan fingerprint density at radius 2 is 1.91 bits per heavy atom. The third-order valence-electron chi connectivity index (χ3n) is 3.44. The lowest BCUT2D eigenvalue weighted by Gasteiger charge is -2.25. The maximum Gasteiger partial charge on any atom is 0.227 e. The lowest BCUT2D eigenvalue weighted by Crippen LogP contribution is -2.31. The number of carbonyl (C=O) groups excluding carboxylic acids is 1. The zero-order chi connectivity index (χ0) is 16.8. The van der Waals surface area contributed by atoms with Gasteiger partial charge in [-0.2, -0.15) is 5.26 Å². The van der Waals surface area contributed by atoms with Crippen molar-refractivity contribution in [2.24, 2.45) is 5.92 Å². The number of halogens is 1. The average Bonchev–Trinajstić information content (AvgIpc) is 2.53. The molecule has 2 aromatic rings. The molecule has 0 aliphatic heterocycles. The van der Waals surface area contributed by atoms with Crippen LogP contribution in [-0.2, 0) is 11.3 Å². The van der Waals surface area contributed by atoms with Crippen LogP contribution in [0.15, 0.2) is 48.5 Å². The molecule has 0 aromatic heterocycles. The van der Waals surface area contributed by atoms with Crippen molar-refractivity contribution in [3.8, 4) is 6.07 Å². The second-order valence-electron chi connectivity index (χ2n) is 5.84. The van der Waals surface area contributed by atoms with Crippen molar-refractivity contribution in [2.45, 2.75) is 26.8 Å². The van der Waals surface area contributed by atoms with E-state index in [4.69, 9.17) is 11.6 Å². The molecular weight excluding hydrogens is 308 g/mol. The molecule has 0 spiro atoms. The number of nitrogens with zero attached hydrogens (tertiary/aromatic N) is 2. The van der Waals surface area contributed by atoms with Crippen LogP contribution in [0.25, 0.3) is 0 Å². The van der Waals surface area contributed by atoms with Gasteiger partial charge in [0, 0.05) is 11.4 Å². The van der Waals surface area contributed by atoms with Crippen LogP contribution in [0, 0.1) is 17.2 Å². The topological polar surface area (TPSA) is 44.1 Å². The van der Waals surface area contributed by atoms with E-state index < -0.39 is 0 Å². The first-order valence-electron chi connectivity index (χ1n) is 7.55. The van der Waals surface area contributed by atoms with Gasteiger partial charge in [0.1, 0.15) is 6.07 Å². The molecule has 2 rings (SSSR count). The molecule has 0 bridgehead atoms. The fourth-order valence-electron chi connectivity index (χ4n) is 2.36. The molecule has 4 heteroatoms. The molecular formula is C19H19ClN2O. The summed E-state index contributed by atoms with van der Waals surface area (Å²) >= 11 is 6.08. The van der Waals surface area contributed by atoms with Gasteiger partial charge in [-0.1, -0.05) is 55.8 Å². The lowest BCUT2D eigenvalue weighted by atomic mass is 10.1. The third kappa shape index (κ3) is 4.58. The Hall–Kier alpha value is -2.31. The molecule has 0 radical (unpaired) electrons. The second-order valence-corrected chi connectivity index (χ2v) is 6.27. The highest BCUT2D eigenvalue weighted by Crippen LogP contribution is 2.27. The van der Waals surface area contributed by atoms with Gasteiger partial charge in [-0.05, 0) is 29.7 Å². The van der Waals surface area contributed by atoms with Crippen molar-refractivity contribution < 1.29 is 4.79 Å². The fourth-order valence-corrected chi connectivity index (χ4v) is 2.52. The Bertz CT molecular complexity index is 720. The average molecular weight is 327 g/mol. The summed E-state index contributed by atoms with van der Waals surface area (Å²) < 4.78 is 0. The summed E-state index contributed by atoms with van der Waals surface area (Å²) in [6.07, 6.45) is 0.421. The lowest BCUT2D eigenvalue weighted by molar-refractivity contribution is -0.119. The predicted molar refractivity (Wildman–Crippen MR) is 93.3 cm³/mol. The molecule has 118 valence electrons. The van der Waals surface area contributed by atoms with E-state index in [-0.39, 0.29) is 11.8 Å². The van der Waals surface area contributed by atoms with Crippen LogP contribution < -0.4 is 4.90 Å². The van der Waals surface area contributed by atoms with Gasteiger partial charge in [0.25, 0.3) is 0 Å². The summed E-state index contributed by atoms with van der Waals surface area (Å²) in [4.78, 5) is 14.4. The Balaban J connectivity index is 2.43. The zero-order valence-corrected chi connectivity index (χ0v) is 14.0. The van der Waals surface area contributed by atoms with Gasteiger partial charge >= 0.3 is 0 Å². The normalized spacial score (nSPS) is 10.4. The molecule has 2 aromatic carbocycles. The molecule has 0 atom stereocenters. The number of amides is 1.